The molecule has 56 heavy (non-hydrogen) atoms. The molecule has 0 fully saturated rings. The van der Waals surface area contributed by atoms with E-state index in [0.29, 0.717) is 24.7 Å². The third-order valence-electron chi connectivity index (χ3n) is 8.32. The third kappa shape index (κ3) is 20.1. The minimum absolute atomic E-state index is 0.00547. The van der Waals surface area contributed by atoms with Gasteiger partial charge in [0.05, 0.1) is 13.1 Å². The van der Waals surface area contributed by atoms with Crippen molar-refractivity contribution in [3.63, 3.8) is 0 Å². The first-order valence-corrected chi connectivity index (χ1v) is 19.9. The number of carbonyl (C=O) groups is 5. The molecule has 0 atom stereocenters. The second-order valence-corrected chi connectivity index (χ2v) is 17.4. The van der Waals surface area contributed by atoms with E-state index in [0.717, 1.165) is 30.7 Å². The summed E-state index contributed by atoms with van der Waals surface area (Å²) < 4.78 is 19.8. The fraction of sp³-hybridized carbons (Fsp3) is 0.732. The smallest absolute Gasteiger partial charge is 0.326 e. The van der Waals surface area contributed by atoms with Gasteiger partial charge >= 0.3 is 17.9 Å². The van der Waals surface area contributed by atoms with Crippen molar-refractivity contribution in [3.05, 3.63) is 36.4 Å². The Morgan fingerprint density at radius 3 is 1.41 bits per heavy atom. The number of esters is 3. The van der Waals surface area contributed by atoms with Crippen LogP contribution in [0.5, 0.6) is 0 Å². The molecule has 0 spiro atoms. The van der Waals surface area contributed by atoms with Gasteiger partial charge in [-0.05, 0) is 75.3 Å². The molecule has 2 aromatic heterocycles. The van der Waals surface area contributed by atoms with Crippen LogP contribution in [0.15, 0.2) is 24.8 Å². The molecule has 2 heterocycles. The molecule has 2 amide bonds. The average molecular weight is 788 g/mol. The summed E-state index contributed by atoms with van der Waals surface area (Å²) in [4.78, 5) is 78.7. The number of hydrogen-bond donors (Lipinski definition) is 0. The van der Waals surface area contributed by atoms with Crippen molar-refractivity contribution >= 4 is 29.7 Å². The number of imidazole rings is 2. The number of amides is 2. The van der Waals surface area contributed by atoms with Gasteiger partial charge in [-0.15, -0.1) is 0 Å². The van der Waals surface area contributed by atoms with E-state index >= 15 is 0 Å². The Labute approximate surface area is 334 Å². The van der Waals surface area contributed by atoms with Gasteiger partial charge in [0, 0.05) is 31.8 Å². The summed E-state index contributed by atoms with van der Waals surface area (Å²) in [5.41, 5.74) is -2.20. The van der Waals surface area contributed by atoms with Crippen LogP contribution in [0.3, 0.4) is 0 Å². The lowest BCUT2D eigenvalue weighted by atomic mass is 10.1. The van der Waals surface area contributed by atoms with Crippen LogP contribution in [-0.4, -0.2) is 114 Å². The van der Waals surface area contributed by atoms with E-state index in [1.54, 1.807) is 103 Å². The lowest BCUT2D eigenvalue weighted by Gasteiger charge is -2.27. The maximum atomic E-state index is 13.8. The van der Waals surface area contributed by atoms with Crippen LogP contribution in [0.2, 0.25) is 0 Å². The zero-order valence-corrected chi connectivity index (χ0v) is 36.0. The van der Waals surface area contributed by atoms with E-state index in [4.69, 9.17) is 14.2 Å². The van der Waals surface area contributed by atoms with Gasteiger partial charge in [-0.3, -0.25) is 28.9 Å². The molecule has 0 saturated heterocycles. The lowest BCUT2D eigenvalue weighted by molar-refractivity contribution is -0.164. The summed E-state index contributed by atoms with van der Waals surface area (Å²) in [6.45, 7) is 18.3. The fourth-order valence-corrected chi connectivity index (χ4v) is 5.81. The van der Waals surface area contributed by atoms with Crippen LogP contribution >= 0.6 is 0 Å². The molecule has 0 aromatic carbocycles. The Balaban J connectivity index is 2.24. The summed E-state index contributed by atoms with van der Waals surface area (Å²) >= 11 is 0. The second-order valence-electron chi connectivity index (χ2n) is 17.4. The van der Waals surface area contributed by atoms with Gasteiger partial charge in [-0.2, -0.15) is 0 Å². The van der Waals surface area contributed by atoms with Crippen molar-refractivity contribution < 1.29 is 38.2 Å². The first kappa shape index (κ1) is 47.9. The van der Waals surface area contributed by atoms with E-state index in [1.165, 1.54) is 37.0 Å². The predicted molar refractivity (Wildman–Crippen MR) is 213 cm³/mol. The molecule has 15 nitrogen and oxygen atoms in total. The highest BCUT2D eigenvalue weighted by atomic mass is 16.6. The van der Waals surface area contributed by atoms with Crippen LogP contribution in [0.1, 0.15) is 132 Å². The number of unbranched alkanes of at least 4 members (excludes halogenated alkanes) is 7. The average Bonchev–Trinajstić information content (AvgIpc) is 3.67. The van der Waals surface area contributed by atoms with Crippen LogP contribution < -0.4 is 0 Å². The summed E-state index contributed by atoms with van der Waals surface area (Å²) in [5, 5.41) is 0. The number of aromatic nitrogens is 4. The summed E-state index contributed by atoms with van der Waals surface area (Å²) in [6, 6.07) is 0. The number of likely N-dealkylation sites (N-methyl/N-ethyl adjacent to an activating group) is 1. The summed E-state index contributed by atoms with van der Waals surface area (Å²) in [7, 11) is 1.57. The minimum atomic E-state index is -0.772. The van der Waals surface area contributed by atoms with Crippen molar-refractivity contribution in [2.75, 3.05) is 33.2 Å². The number of carbonyl (C=O) groups excluding carboxylic acids is 5. The van der Waals surface area contributed by atoms with E-state index in [1.807, 2.05) is 0 Å². The molecular formula is C41H69N7O8. The monoisotopic (exact) mass is 788 g/mol. The standard InChI is InChI=1S/C41H69N7O8/c1-12-13-14-15-16-17-18-19-22-45(25-32-42-20-23-46(32)27-34(49)44(11)29-36(51)54-39(2,3)4)26-33-43-21-24-47(33)28-35(50)48(30-37(52)55-40(5,6)7)31-38(53)56-41(8,9)10/h20-21,23-24H,12-19,22,25-31H2,1-11H3. The van der Waals surface area contributed by atoms with Crippen molar-refractivity contribution in [2.45, 2.75) is 164 Å². The van der Waals surface area contributed by atoms with Gasteiger partial charge in [0.2, 0.25) is 11.8 Å². The molecule has 0 bridgehead atoms. The molecule has 15 heteroatoms. The molecule has 0 unspecified atom stereocenters. The minimum Gasteiger partial charge on any atom is -0.459 e. The maximum Gasteiger partial charge on any atom is 0.326 e. The van der Waals surface area contributed by atoms with Crippen molar-refractivity contribution in [2.24, 2.45) is 0 Å². The second kappa shape index (κ2) is 22.5. The van der Waals surface area contributed by atoms with Gasteiger partial charge < -0.3 is 33.1 Å². The number of nitrogens with zero attached hydrogens (tertiary/aromatic N) is 7. The topological polar surface area (TPSA) is 158 Å². The Morgan fingerprint density at radius 2 is 0.982 bits per heavy atom. The quantitative estimate of drug-likeness (QED) is 0.0792. The number of ether oxygens (including phenoxy) is 3. The summed E-state index contributed by atoms with van der Waals surface area (Å²) in [5.74, 6) is -1.22. The van der Waals surface area contributed by atoms with E-state index in [-0.39, 0.29) is 25.5 Å². The van der Waals surface area contributed by atoms with Crippen LogP contribution in [0.25, 0.3) is 0 Å². The van der Waals surface area contributed by atoms with Gasteiger partial charge in [-0.1, -0.05) is 51.9 Å². The zero-order chi connectivity index (χ0) is 42.1. The Morgan fingerprint density at radius 1 is 0.589 bits per heavy atom. The Bertz CT molecular complexity index is 1520. The maximum absolute atomic E-state index is 13.8. The van der Waals surface area contributed by atoms with Gasteiger partial charge in [0.15, 0.2) is 0 Å². The molecular weight excluding hydrogens is 718 g/mol. The molecule has 0 saturated carbocycles. The molecule has 0 aliphatic heterocycles. The highest BCUT2D eigenvalue weighted by Crippen LogP contribution is 2.15. The van der Waals surface area contributed by atoms with E-state index in [9.17, 15) is 24.0 Å². The molecule has 0 aliphatic rings. The third-order valence-corrected chi connectivity index (χ3v) is 8.32. The largest absolute Gasteiger partial charge is 0.459 e. The zero-order valence-electron chi connectivity index (χ0n) is 36.0. The fourth-order valence-electron chi connectivity index (χ4n) is 5.81. The highest BCUT2D eigenvalue weighted by Gasteiger charge is 2.28. The van der Waals surface area contributed by atoms with Gasteiger partial charge in [-0.25, -0.2) is 9.97 Å². The molecule has 316 valence electrons. The van der Waals surface area contributed by atoms with E-state index in [2.05, 4.69) is 21.8 Å². The van der Waals surface area contributed by atoms with Gasteiger partial charge in [0.25, 0.3) is 0 Å². The van der Waals surface area contributed by atoms with Crippen LogP contribution in [-0.2, 0) is 64.4 Å². The van der Waals surface area contributed by atoms with Crippen molar-refractivity contribution in [1.82, 2.24) is 33.8 Å². The first-order chi connectivity index (χ1) is 26.0. The number of rotatable bonds is 23. The van der Waals surface area contributed by atoms with Crippen molar-refractivity contribution in [1.29, 1.82) is 0 Å². The van der Waals surface area contributed by atoms with Gasteiger partial charge in [0.1, 0.15) is 61.2 Å². The normalized spacial score (nSPS) is 12.1. The molecule has 2 rings (SSSR count). The molecule has 0 N–H and O–H groups in total. The Kier molecular flexibility index (Phi) is 19.2. The molecule has 0 radical (unpaired) electrons. The summed E-state index contributed by atoms with van der Waals surface area (Å²) in [6.07, 6.45) is 16.0. The molecule has 2 aromatic rings. The SMILES string of the molecule is CCCCCCCCCCN(Cc1nccn1CC(=O)N(C)CC(=O)OC(C)(C)C)Cc1nccn1CC(=O)N(CC(=O)OC(C)(C)C)CC(=O)OC(C)(C)C. The lowest BCUT2D eigenvalue weighted by Crippen LogP contribution is -2.44. The van der Waals surface area contributed by atoms with Crippen LogP contribution in [0.4, 0.5) is 0 Å². The molecule has 0 aliphatic carbocycles. The van der Waals surface area contributed by atoms with Crippen molar-refractivity contribution in [3.8, 4) is 0 Å². The first-order valence-electron chi connectivity index (χ1n) is 19.9. The van der Waals surface area contributed by atoms with E-state index < -0.39 is 53.7 Å². The predicted octanol–water partition coefficient (Wildman–Crippen LogP) is 5.53. The number of hydrogen-bond acceptors (Lipinski definition) is 11. The Hall–Kier alpha value is -4.27. The van der Waals surface area contributed by atoms with Crippen LogP contribution in [0, 0.1) is 0 Å². The highest BCUT2D eigenvalue weighted by molar-refractivity contribution is 5.86.